The van der Waals surface area contributed by atoms with Gasteiger partial charge in [-0.1, -0.05) is 25.1 Å². The van der Waals surface area contributed by atoms with Crippen molar-refractivity contribution in [3.05, 3.63) is 48.2 Å². The lowest BCUT2D eigenvalue weighted by molar-refractivity contribution is -0.137. The molecule has 1 aromatic carbocycles. The van der Waals surface area contributed by atoms with Crippen LogP contribution in [0, 0.1) is 0 Å². The maximum atomic E-state index is 12.8. The van der Waals surface area contributed by atoms with Gasteiger partial charge in [0.15, 0.2) is 0 Å². The highest BCUT2D eigenvalue weighted by Crippen LogP contribution is 2.34. The number of halogens is 3. The second-order valence-electron chi connectivity index (χ2n) is 4.86. The molecular weight excluding hydrogens is 327 g/mol. The normalized spacial score (nSPS) is 13.4. The first kappa shape index (κ1) is 15.7. The number of hydrogen-bond donors (Lipinski definition) is 0. The summed E-state index contributed by atoms with van der Waals surface area (Å²) in [5, 5.41) is 0.256. The number of benzene rings is 1. The van der Waals surface area contributed by atoms with E-state index in [0.717, 1.165) is 12.3 Å². The van der Waals surface area contributed by atoms with Crippen LogP contribution < -0.4 is 0 Å². The molecule has 0 aliphatic carbocycles. The topological polar surface area (TPSA) is 43.1 Å². The first-order chi connectivity index (χ1) is 10.9. The zero-order chi connectivity index (χ0) is 16.6. The van der Waals surface area contributed by atoms with Crippen molar-refractivity contribution in [2.45, 2.75) is 18.0 Å². The molecule has 120 valence electrons. The predicted octanol–water partition coefficient (Wildman–Crippen LogP) is 4.64. The lowest BCUT2D eigenvalue weighted by atomic mass is 10.1. The van der Waals surface area contributed by atoms with Crippen LogP contribution in [0.2, 0.25) is 0 Å². The molecule has 0 radical (unpaired) electrons. The average Bonchev–Trinajstić information content (AvgIpc) is 2.96. The monoisotopic (exact) mass is 339 g/mol. The molecule has 0 bridgehead atoms. The maximum absolute atomic E-state index is 12.8. The van der Waals surface area contributed by atoms with Gasteiger partial charge >= 0.3 is 6.18 Å². The molecule has 0 amide bonds. The molecule has 0 aliphatic heterocycles. The number of hydrogen-bond acceptors (Lipinski definition) is 3. The lowest BCUT2D eigenvalue weighted by Gasteiger charge is -2.04. The highest BCUT2D eigenvalue weighted by Gasteiger charge is 2.31. The van der Waals surface area contributed by atoms with E-state index >= 15 is 0 Å². The van der Waals surface area contributed by atoms with Crippen LogP contribution in [-0.2, 0) is 17.0 Å². The summed E-state index contributed by atoms with van der Waals surface area (Å²) in [6.07, 6.45) is -3.72. The SMILES string of the molecule is CCS(=O)c1ccccc1-c1cc2cc(C(F)(F)F)cnc2o1. The summed E-state index contributed by atoms with van der Waals surface area (Å²) in [6, 6.07) is 9.45. The second kappa shape index (κ2) is 5.81. The Labute approximate surface area is 132 Å². The van der Waals surface area contributed by atoms with E-state index < -0.39 is 22.5 Å². The summed E-state index contributed by atoms with van der Waals surface area (Å²) in [5.41, 5.74) is -0.118. The molecule has 0 saturated heterocycles. The van der Waals surface area contributed by atoms with E-state index in [4.69, 9.17) is 4.42 Å². The van der Waals surface area contributed by atoms with Gasteiger partial charge in [-0.2, -0.15) is 13.2 Å². The van der Waals surface area contributed by atoms with Crippen molar-refractivity contribution in [1.82, 2.24) is 4.98 Å². The molecule has 0 N–H and O–H groups in total. The molecule has 3 rings (SSSR count). The Morgan fingerprint density at radius 1 is 1.22 bits per heavy atom. The minimum absolute atomic E-state index is 0.116. The number of furan rings is 1. The van der Waals surface area contributed by atoms with Crippen LogP contribution in [-0.4, -0.2) is 14.9 Å². The largest absolute Gasteiger partial charge is 0.438 e. The number of aromatic nitrogens is 1. The molecule has 2 heterocycles. The third-order valence-electron chi connectivity index (χ3n) is 3.36. The Hall–Kier alpha value is -2.15. The van der Waals surface area contributed by atoms with Crippen LogP contribution in [0.1, 0.15) is 12.5 Å². The minimum Gasteiger partial charge on any atom is -0.438 e. The second-order valence-corrected chi connectivity index (χ2v) is 6.57. The van der Waals surface area contributed by atoms with E-state index in [-0.39, 0.29) is 11.1 Å². The van der Waals surface area contributed by atoms with Crippen LogP contribution >= 0.6 is 0 Å². The molecule has 1 atom stereocenters. The Balaban J connectivity index is 2.13. The minimum atomic E-state index is -4.46. The number of nitrogens with zero attached hydrogens (tertiary/aromatic N) is 1. The van der Waals surface area contributed by atoms with Crippen molar-refractivity contribution in [3.63, 3.8) is 0 Å². The lowest BCUT2D eigenvalue weighted by Crippen LogP contribution is -2.04. The molecule has 3 nitrogen and oxygen atoms in total. The zero-order valence-electron chi connectivity index (χ0n) is 12.1. The summed E-state index contributed by atoms with van der Waals surface area (Å²) in [5.74, 6) is 0.789. The summed E-state index contributed by atoms with van der Waals surface area (Å²) in [7, 11) is -1.20. The molecule has 3 aromatic rings. The molecule has 23 heavy (non-hydrogen) atoms. The predicted molar refractivity (Wildman–Crippen MR) is 81.4 cm³/mol. The Bertz CT molecular complexity index is 886. The summed E-state index contributed by atoms with van der Waals surface area (Å²) < 4.78 is 55.9. The highest BCUT2D eigenvalue weighted by atomic mass is 32.2. The van der Waals surface area contributed by atoms with Crippen LogP contribution in [0.15, 0.2) is 51.9 Å². The van der Waals surface area contributed by atoms with E-state index in [2.05, 4.69) is 4.98 Å². The fourth-order valence-electron chi connectivity index (χ4n) is 2.24. The quantitative estimate of drug-likeness (QED) is 0.698. The van der Waals surface area contributed by atoms with Gasteiger partial charge in [-0.15, -0.1) is 0 Å². The van der Waals surface area contributed by atoms with Gasteiger partial charge in [0, 0.05) is 27.8 Å². The van der Waals surface area contributed by atoms with Crippen molar-refractivity contribution in [1.29, 1.82) is 0 Å². The molecule has 0 spiro atoms. The summed E-state index contributed by atoms with van der Waals surface area (Å²) in [6.45, 7) is 1.79. The first-order valence-electron chi connectivity index (χ1n) is 6.84. The van der Waals surface area contributed by atoms with E-state index in [0.29, 0.717) is 22.0 Å². The van der Waals surface area contributed by atoms with Gasteiger partial charge < -0.3 is 4.42 Å². The summed E-state index contributed by atoms with van der Waals surface area (Å²) in [4.78, 5) is 4.31. The molecule has 0 saturated carbocycles. The molecule has 2 aromatic heterocycles. The van der Waals surface area contributed by atoms with Crippen molar-refractivity contribution in [2.75, 3.05) is 5.75 Å². The van der Waals surface area contributed by atoms with Crippen molar-refractivity contribution in [3.8, 4) is 11.3 Å². The van der Waals surface area contributed by atoms with Gasteiger partial charge in [0.1, 0.15) is 5.76 Å². The van der Waals surface area contributed by atoms with Gasteiger partial charge in [0.2, 0.25) is 5.71 Å². The Morgan fingerprint density at radius 2 is 1.96 bits per heavy atom. The number of alkyl halides is 3. The van der Waals surface area contributed by atoms with E-state index in [1.807, 2.05) is 0 Å². The standard InChI is InChI=1S/C16H12F3NO2S/c1-2-23(21)14-6-4-3-5-12(14)13-8-10-7-11(16(17,18)19)9-20-15(10)22-13/h3-9H,2H2,1H3. The molecule has 0 aliphatic rings. The van der Waals surface area contributed by atoms with E-state index in [1.54, 1.807) is 31.2 Å². The Morgan fingerprint density at radius 3 is 2.65 bits per heavy atom. The summed E-state index contributed by atoms with van der Waals surface area (Å²) >= 11 is 0. The third kappa shape index (κ3) is 3.01. The first-order valence-corrected chi connectivity index (χ1v) is 8.16. The fraction of sp³-hybridized carbons (Fsp3) is 0.188. The van der Waals surface area contributed by atoms with Crippen LogP contribution in [0.25, 0.3) is 22.4 Å². The van der Waals surface area contributed by atoms with Crippen LogP contribution in [0.4, 0.5) is 13.2 Å². The van der Waals surface area contributed by atoms with Gasteiger partial charge in [-0.05, 0) is 18.2 Å². The third-order valence-corrected chi connectivity index (χ3v) is 4.73. The number of rotatable bonds is 3. The molecule has 1 unspecified atom stereocenters. The van der Waals surface area contributed by atoms with Crippen LogP contribution in [0.5, 0.6) is 0 Å². The van der Waals surface area contributed by atoms with Gasteiger partial charge in [0.25, 0.3) is 0 Å². The highest BCUT2D eigenvalue weighted by molar-refractivity contribution is 7.85. The van der Waals surface area contributed by atoms with Crippen LogP contribution in [0.3, 0.4) is 0 Å². The smallest absolute Gasteiger partial charge is 0.417 e. The average molecular weight is 339 g/mol. The molecule has 7 heteroatoms. The van der Waals surface area contributed by atoms with Gasteiger partial charge in [-0.25, -0.2) is 4.98 Å². The van der Waals surface area contributed by atoms with E-state index in [1.165, 1.54) is 6.07 Å². The number of fused-ring (bicyclic) bond motifs is 1. The molecule has 0 fully saturated rings. The zero-order valence-corrected chi connectivity index (χ0v) is 12.9. The van der Waals surface area contributed by atoms with Gasteiger partial charge in [0.05, 0.1) is 16.4 Å². The van der Waals surface area contributed by atoms with Crippen molar-refractivity contribution < 1.29 is 21.8 Å². The fourth-order valence-corrected chi connectivity index (χ4v) is 3.20. The van der Waals surface area contributed by atoms with E-state index in [9.17, 15) is 17.4 Å². The van der Waals surface area contributed by atoms with Crippen molar-refractivity contribution in [2.24, 2.45) is 0 Å². The maximum Gasteiger partial charge on any atom is 0.417 e. The molecular formula is C16H12F3NO2S. The number of pyridine rings is 1. The Kier molecular flexibility index (Phi) is 3.97. The van der Waals surface area contributed by atoms with Crippen molar-refractivity contribution >= 4 is 21.9 Å². The van der Waals surface area contributed by atoms with Gasteiger partial charge in [-0.3, -0.25) is 4.21 Å².